The van der Waals surface area contributed by atoms with Crippen molar-refractivity contribution < 1.29 is 9.53 Å². The summed E-state index contributed by atoms with van der Waals surface area (Å²) in [5, 5.41) is 4.69. The summed E-state index contributed by atoms with van der Waals surface area (Å²) in [6.45, 7) is 5.41. The van der Waals surface area contributed by atoms with Gasteiger partial charge in [0.15, 0.2) is 5.11 Å². The van der Waals surface area contributed by atoms with Crippen LogP contribution in [-0.2, 0) is 11.2 Å². The molecule has 3 heterocycles. The van der Waals surface area contributed by atoms with Gasteiger partial charge in [-0.1, -0.05) is 36.4 Å². The summed E-state index contributed by atoms with van der Waals surface area (Å²) in [4.78, 5) is 22.5. The van der Waals surface area contributed by atoms with Gasteiger partial charge >= 0.3 is 5.97 Å². The molecular formula is C24H26N4O2S2. The number of anilines is 2. The van der Waals surface area contributed by atoms with E-state index in [-0.39, 0.29) is 5.97 Å². The third-order valence-corrected chi connectivity index (χ3v) is 6.67. The zero-order chi connectivity index (χ0) is 22.3. The van der Waals surface area contributed by atoms with E-state index in [2.05, 4.69) is 32.2 Å². The SMILES string of the molecule is CCOC(=O)c1cc(Cc2ccccc2)sc1NC(=S)N1CCN(c2ccccn2)CC1. The van der Waals surface area contributed by atoms with Crippen LogP contribution in [0.1, 0.15) is 27.7 Å². The van der Waals surface area contributed by atoms with Gasteiger partial charge in [-0.2, -0.15) is 0 Å². The molecule has 1 N–H and O–H groups in total. The lowest BCUT2D eigenvalue weighted by Crippen LogP contribution is -2.50. The number of nitrogens with one attached hydrogen (secondary N) is 1. The average Bonchev–Trinajstić information content (AvgIpc) is 3.22. The first-order valence-corrected chi connectivity index (χ1v) is 11.9. The summed E-state index contributed by atoms with van der Waals surface area (Å²) < 4.78 is 5.28. The number of thiocarbonyl (C=S) groups is 1. The number of pyridine rings is 1. The van der Waals surface area contributed by atoms with Gasteiger partial charge in [-0.3, -0.25) is 0 Å². The second-order valence-electron chi connectivity index (χ2n) is 7.43. The fourth-order valence-corrected chi connectivity index (χ4v) is 5.06. The number of hydrogen-bond donors (Lipinski definition) is 1. The fourth-order valence-electron chi connectivity index (χ4n) is 3.64. The predicted octanol–water partition coefficient (Wildman–Crippen LogP) is 4.43. The number of esters is 1. The Morgan fingerprint density at radius 1 is 1.12 bits per heavy atom. The highest BCUT2D eigenvalue weighted by atomic mass is 32.1. The van der Waals surface area contributed by atoms with Crippen LogP contribution in [0.2, 0.25) is 0 Å². The van der Waals surface area contributed by atoms with E-state index in [1.54, 1.807) is 11.3 Å². The molecule has 1 aliphatic rings. The van der Waals surface area contributed by atoms with Crippen molar-refractivity contribution in [3.63, 3.8) is 0 Å². The molecule has 0 amide bonds. The molecule has 1 aliphatic heterocycles. The molecule has 3 aromatic rings. The summed E-state index contributed by atoms with van der Waals surface area (Å²) in [5.41, 5.74) is 1.74. The zero-order valence-electron chi connectivity index (χ0n) is 18.0. The molecule has 4 rings (SSSR count). The molecule has 0 saturated carbocycles. The molecule has 0 spiro atoms. The van der Waals surface area contributed by atoms with Crippen LogP contribution < -0.4 is 10.2 Å². The van der Waals surface area contributed by atoms with E-state index in [1.807, 2.05) is 55.6 Å². The number of benzene rings is 1. The molecule has 166 valence electrons. The Morgan fingerprint density at radius 3 is 2.56 bits per heavy atom. The van der Waals surface area contributed by atoms with Crippen molar-refractivity contribution in [3.8, 4) is 0 Å². The number of carbonyl (C=O) groups is 1. The van der Waals surface area contributed by atoms with Crippen molar-refractivity contribution >= 4 is 45.5 Å². The fraction of sp³-hybridized carbons (Fsp3) is 0.292. The highest BCUT2D eigenvalue weighted by molar-refractivity contribution is 7.80. The predicted molar refractivity (Wildman–Crippen MR) is 134 cm³/mol. The van der Waals surface area contributed by atoms with Gasteiger partial charge in [-0.15, -0.1) is 11.3 Å². The van der Waals surface area contributed by atoms with Crippen LogP contribution >= 0.6 is 23.6 Å². The minimum absolute atomic E-state index is 0.326. The molecule has 1 aromatic carbocycles. The first-order chi connectivity index (χ1) is 15.6. The van der Waals surface area contributed by atoms with Gasteiger partial charge in [0, 0.05) is 43.7 Å². The maximum absolute atomic E-state index is 12.6. The van der Waals surface area contributed by atoms with E-state index < -0.39 is 0 Å². The second kappa shape index (κ2) is 10.6. The van der Waals surface area contributed by atoms with Crippen molar-refractivity contribution in [2.45, 2.75) is 13.3 Å². The Balaban J connectivity index is 1.44. The van der Waals surface area contributed by atoms with E-state index in [4.69, 9.17) is 17.0 Å². The van der Waals surface area contributed by atoms with E-state index in [0.29, 0.717) is 17.3 Å². The monoisotopic (exact) mass is 466 g/mol. The van der Waals surface area contributed by atoms with Crippen molar-refractivity contribution in [3.05, 3.63) is 76.8 Å². The van der Waals surface area contributed by atoms with Crippen LogP contribution in [-0.4, -0.2) is 53.8 Å². The summed E-state index contributed by atoms with van der Waals surface area (Å²) in [6, 6.07) is 18.1. The first-order valence-electron chi connectivity index (χ1n) is 10.7. The number of aromatic nitrogens is 1. The molecule has 0 bridgehead atoms. The average molecular weight is 467 g/mol. The number of nitrogens with zero attached hydrogens (tertiary/aromatic N) is 3. The van der Waals surface area contributed by atoms with Crippen molar-refractivity contribution in [1.29, 1.82) is 0 Å². The van der Waals surface area contributed by atoms with Crippen LogP contribution in [0.4, 0.5) is 10.8 Å². The maximum Gasteiger partial charge on any atom is 0.341 e. The zero-order valence-corrected chi connectivity index (χ0v) is 19.6. The summed E-state index contributed by atoms with van der Waals surface area (Å²) in [7, 11) is 0. The topological polar surface area (TPSA) is 57.7 Å². The highest BCUT2D eigenvalue weighted by Gasteiger charge is 2.23. The quantitative estimate of drug-likeness (QED) is 0.426. The normalized spacial score (nSPS) is 13.7. The minimum atomic E-state index is -0.326. The molecule has 1 saturated heterocycles. The summed E-state index contributed by atoms with van der Waals surface area (Å²) in [6.07, 6.45) is 2.57. The van der Waals surface area contributed by atoms with Crippen molar-refractivity contribution in [1.82, 2.24) is 9.88 Å². The van der Waals surface area contributed by atoms with Gasteiger partial charge in [-0.25, -0.2) is 9.78 Å². The Bertz CT molecular complexity index is 1050. The highest BCUT2D eigenvalue weighted by Crippen LogP contribution is 2.31. The molecule has 1 fully saturated rings. The van der Waals surface area contributed by atoms with Crippen LogP contribution in [0.5, 0.6) is 0 Å². The summed E-state index contributed by atoms with van der Waals surface area (Å²) >= 11 is 7.25. The van der Waals surface area contributed by atoms with Crippen molar-refractivity contribution in [2.75, 3.05) is 43.0 Å². The number of ether oxygens (including phenoxy) is 1. The molecule has 0 aliphatic carbocycles. The Labute approximate surface area is 197 Å². The van der Waals surface area contributed by atoms with Crippen LogP contribution in [0.3, 0.4) is 0 Å². The first kappa shape index (κ1) is 22.2. The molecule has 0 atom stereocenters. The Kier molecular flexibility index (Phi) is 7.34. The van der Waals surface area contributed by atoms with E-state index in [0.717, 1.165) is 48.3 Å². The molecule has 2 aromatic heterocycles. The molecule has 0 unspecified atom stereocenters. The number of rotatable bonds is 6. The van der Waals surface area contributed by atoms with Crippen molar-refractivity contribution in [2.24, 2.45) is 0 Å². The molecular weight excluding hydrogens is 440 g/mol. The van der Waals surface area contributed by atoms with Gasteiger partial charge in [0.2, 0.25) is 0 Å². The van der Waals surface area contributed by atoms with E-state index in [9.17, 15) is 4.79 Å². The number of thiophene rings is 1. The molecule has 0 radical (unpaired) electrons. The standard InChI is InChI=1S/C24H26N4O2S2/c1-2-30-23(29)20-17-19(16-18-8-4-3-5-9-18)32-22(20)26-24(31)28-14-12-27(13-15-28)21-10-6-7-11-25-21/h3-11,17H,2,12-16H2,1H3,(H,26,31). The number of piperazine rings is 1. The van der Waals surface area contributed by atoms with Crippen LogP contribution in [0.25, 0.3) is 0 Å². The third kappa shape index (κ3) is 5.44. The second-order valence-corrected chi connectivity index (χ2v) is 8.95. The Hall–Kier alpha value is -2.97. The third-order valence-electron chi connectivity index (χ3n) is 5.26. The maximum atomic E-state index is 12.6. The van der Waals surface area contributed by atoms with Gasteiger partial charge in [-0.05, 0) is 42.9 Å². The van der Waals surface area contributed by atoms with Gasteiger partial charge < -0.3 is 19.9 Å². The lowest BCUT2D eigenvalue weighted by atomic mass is 10.1. The lowest BCUT2D eigenvalue weighted by Gasteiger charge is -2.36. The Morgan fingerprint density at radius 2 is 1.88 bits per heavy atom. The molecule has 32 heavy (non-hydrogen) atoms. The van der Waals surface area contributed by atoms with E-state index in [1.165, 1.54) is 5.56 Å². The number of carbonyl (C=O) groups excluding carboxylic acids is 1. The molecule has 6 nitrogen and oxygen atoms in total. The number of hydrogen-bond acceptors (Lipinski definition) is 6. The van der Waals surface area contributed by atoms with Crippen LogP contribution in [0.15, 0.2) is 60.8 Å². The summed E-state index contributed by atoms with van der Waals surface area (Å²) in [5.74, 6) is 0.660. The van der Waals surface area contributed by atoms with Gasteiger partial charge in [0.1, 0.15) is 10.8 Å². The van der Waals surface area contributed by atoms with E-state index >= 15 is 0 Å². The molecule has 8 heteroatoms. The van der Waals surface area contributed by atoms with Crippen LogP contribution in [0, 0.1) is 0 Å². The smallest absolute Gasteiger partial charge is 0.341 e. The largest absolute Gasteiger partial charge is 0.462 e. The van der Waals surface area contributed by atoms with Gasteiger partial charge in [0.05, 0.1) is 12.2 Å². The minimum Gasteiger partial charge on any atom is -0.462 e. The lowest BCUT2D eigenvalue weighted by molar-refractivity contribution is 0.0528. The van der Waals surface area contributed by atoms with Gasteiger partial charge in [0.25, 0.3) is 0 Å².